The zero-order valence-corrected chi connectivity index (χ0v) is 10.6. The van der Waals surface area contributed by atoms with E-state index in [0.29, 0.717) is 12.5 Å². The summed E-state index contributed by atoms with van der Waals surface area (Å²) in [6.45, 7) is 2.50. The SMILES string of the molecule is O=C(CC1CC2CC[NH+]1CC2)c1ccc(O)cc1. The van der Waals surface area contributed by atoms with Gasteiger partial charge in [-0.2, -0.15) is 0 Å². The normalized spacial score (nSPS) is 30.3. The van der Waals surface area contributed by atoms with Gasteiger partial charge in [0.2, 0.25) is 0 Å². The summed E-state index contributed by atoms with van der Waals surface area (Å²) < 4.78 is 0. The Morgan fingerprint density at radius 2 is 1.89 bits per heavy atom. The molecule has 3 saturated heterocycles. The number of Topliss-reactive ketones (excluding diaryl/α,β-unsaturated/α-hetero) is 1. The molecule has 3 heteroatoms. The molecule has 0 aromatic heterocycles. The van der Waals surface area contributed by atoms with Crippen LogP contribution in [-0.4, -0.2) is 30.0 Å². The lowest BCUT2D eigenvalue weighted by Gasteiger charge is -2.42. The molecule has 18 heavy (non-hydrogen) atoms. The molecule has 2 bridgehead atoms. The van der Waals surface area contributed by atoms with Crippen LogP contribution < -0.4 is 4.90 Å². The van der Waals surface area contributed by atoms with E-state index in [1.54, 1.807) is 29.2 Å². The molecule has 3 aliphatic rings. The van der Waals surface area contributed by atoms with Gasteiger partial charge in [-0.15, -0.1) is 0 Å². The Morgan fingerprint density at radius 1 is 1.22 bits per heavy atom. The van der Waals surface area contributed by atoms with E-state index in [9.17, 15) is 9.90 Å². The Morgan fingerprint density at radius 3 is 2.44 bits per heavy atom. The lowest BCUT2D eigenvalue weighted by Crippen LogP contribution is -3.18. The van der Waals surface area contributed by atoms with Crippen LogP contribution in [0.1, 0.15) is 36.0 Å². The standard InChI is InChI=1S/C15H19NO2/c17-14-3-1-12(2-4-14)15(18)10-13-9-11-5-7-16(13)8-6-11/h1-4,11,13,17H,5-10H2/p+1. The Kier molecular flexibility index (Phi) is 3.08. The Labute approximate surface area is 107 Å². The lowest BCUT2D eigenvalue weighted by molar-refractivity contribution is -0.941. The molecule has 0 spiro atoms. The minimum Gasteiger partial charge on any atom is -0.508 e. The summed E-state index contributed by atoms with van der Waals surface area (Å²) >= 11 is 0. The minimum atomic E-state index is 0.220. The molecule has 3 heterocycles. The summed E-state index contributed by atoms with van der Waals surface area (Å²) in [5.74, 6) is 1.30. The van der Waals surface area contributed by atoms with Crippen molar-refractivity contribution in [2.75, 3.05) is 13.1 Å². The Hall–Kier alpha value is -1.35. The number of carbonyl (C=O) groups is 1. The lowest BCUT2D eigenvalue weighted by atomic mass is 9.81. The number of quaternary nitrogens is 1. The van der Waals surface area contributed by atoms with E-state index in [2.05, 4.69) is 0 Å². The highest BCUT2D eigenvalue weighted by molar-refractivity contribution is 5.96. The van der Waals surface area contributed by atoms with Gasteiger partial charge in [0, 0.05) is 12.0 Å². The number of phenolic OH excluding ortho intramolecular Hbond substituents is 1. The van der Waals surface area contributed by atoms with Gasteiger partial charge in [0.1, 0.15) is 5.75 Å². The third-order valence-corrected chi connectivity index (χ3v) is 4.56. The summed E-state index contributed by atoms with van der Waals surface area (Å²) in [7, 11) is 0. The third-order valence-electron chi connectivity index (χ3n) is 4.56. The smallest absolute Gasteiger partial charge is 0.168 e. The largest absolute Gasteiger partial charge is 0.508 e. The molecule has 1 aromatic rings. The maximum absolute atomic E-state index is 12.2. The first-order valence-corrected chi connectivity index (χ1v) is 6.89. The Balaban J connectivity index is 1.66. The van der Waals surface area contributed by atoms with Crippen molar-refractivity contribution in [3.63, 3.8) is 0 Å². The molecular formula is C15H20NO2+. The van der Waals surface area contributed by atoms with Gasteiger partial charge in [-0.25, -0.2) is 0 Å². The number of piperidine rings is 3. The fraction of sp³-hybridized carbons (Fsp3) is 0.533. The molecule has 0 saturated carbocycles. The number of ketones is 1. The first kappa shape index (κ1) is 11.7. The highest BCUT2D eigenvalue weighted by Crippen LogP contribution is 2.23. The van der Waals surface area contributed by atoms with Crippen LogP contribution in [0.2, 0.25) is 0 Å². The van der Waals surface area contributed by atoms with Gasteiger partial charge in [0.05, 0.1) is 25.6 Å². The Bertz CT molecular complexity index is 432. The number of fused-ring (bicyclic) bond motifs is 3. The molecule has 4 rings (SSSR count). The van der Waals surface area contributed by atoms with Crippen molar-refractivity contribution in [1.82, 2.24) is 0 Å². The molecule has 3 fully saturated rings. The van der Waals surface area contributed by atoms with Gasteiger partial charge in [-0.1, -0.05) is 0 Å². The van der Waals surface area contributed by atoms with E-state index in [4.69, 9.17) is 0 Å². The molecule has 1 atom stereocenters. The molecular weight excluding hydrogens is 226 g/mol. The molecule has 1 unspecified atom stereocenters. The van der Waals surface area contributed by atoms with E-state index < -0.39 is 0 Å². The van der Waals surface area contributed by atoms with Crippen LogP contribution in [0.4, 0.5) is 0 Å². The number of aromatic hydroxyl groups is 1. The molecule has 96 valence electrons. The number of benzene rings is 1. The number of phenols is 1. The predicted molar refractivity (Wildman–Crippen MR) is 68.9 cm³/mol. The molecule has 0 radical (unpaired) electrons. The molecule has 1 aromatic carbocycles. The average molecular weight is 246 g/mol. The second kappa shape index (κ2) is 4.73. The van der Waals surface area contributed by atoms with Crippen LogP contribution >= 0.6 is 0 Å². The molecule has 0 amide bonds. The van der Waals surface area contributed by atoms with Crippen LogP contribution in [0.3, 0.4) is 0 Å². The summed E-state index contributed by atoms with van der Waals surface area (Å²) in [6.07, 6.45) is 4.58. The second-order valence-electron chi connectivity index (χ2n) is 5.71. The van der Waals surface area contributed by atoms with Crippen LogP contribution in [0.25, 0.3) is 0 Å². The van der Waals surface area contributed by atoms with Crippen molar-refractivity contribution in [2.45, 2.75) is 31.7 Å². The van der Waals surface area contributed by atoms with Crippen molar-refractivity contribution < 1.29 is 14.8 Å². The number of rotatable bonds is 3. The molecule has 0 aliphatic carbocycles. The van der Waals surface area contributed by atoms with E-state index in [1.807, 2.05) is 0 Å². The summed E-state index contributed by atoms with van der Waals surface area (Å²) in [5.41, 5.74) is 0.731. The molecule has 3 aliphatic heterocycles. The number of carbonyl (C=O) groups excluding carboxylic acids is 1. The van der Waals surface area contributed by atoms with E-state index >= 15 is 0 Å². The van der Waals surface area contributed by atoms with Crippen molar-refractivity contribution >= 4 is 5.78 Å². The van der Waals surface area contributed by atoms with Crippen molar-refractivity contribution in [2.24, 2.45) is 5.92 Å². The van der Waals surface area contributed by atoms with Crippen LogP contribution in [0.5, 0.6) is 5.75 Å². The summed E-state index contributed by atoms with van der Waals surface area (Å²) in [6, 6.07) is 7.16. The summed E-state index contributed by atoms with van der Waals surface area (Å²) in [4.78, 5) is 13.8. The summed E-state index contributed by atoms with van der Waals surface area (Å²) in [5, 5.41) is 9.23. The zero-order chi connectivity index (χ0) is 12.5. The maximum atomic E-state index is 12.2. The second-order valence-corrected chi connectivity index (χ2v) is 5.71. The number of nitrogens with one attached hydrogen (secondary N) is 1. The quantitative estimate of drug-likeness (QED) is 0.782. The van der Waals surface area contributed by atoms with E-state index in [1.165, 1.54) is 32.4 Å². The average Bonchev–Trinajstić information content (AvgIpc) is 2.41. The van der Waals surface area contributed by atoms with Crippen LogP contribution in [0.15, 0.2) is 24.3 Å². The van der Waals surface area contributed by atoms with Gasteiger partial charge < -0.3 is 10.0 Å². The van der Waals surface area contributed by atoms with E-state index in [0.717, 1.165) is 11.5 Å². The molecule has 2 N–H and O–H groups in total. The van der Waals surface area contributed by atoms with Gasteiger partial charge in [0.25, 0.3) is 0 Å². The van der Waals surface area contributed by atoms with Crippen LogP contribution in [0, 0.1) is 5.92 Å². The molecule has 3 nitrogen and oxygen atoms in total. The van der Waals surface area contributed by atoms with Crippen LogP contribution in [-0.2, 0) is 0 Å². The van der Waals surface area contributed by atoms with E-state index in [-0.39, 0.29) is 11.5 Å². The van der Waals surface area contributed by atoms with Gasteiger partial charge >= 0.3 is 0 Å². The zero-order valence-electron chi connectivity index (χ0n) is 10.6. The fourth-order valence-electron chi connectivity index (χ4n) is 3.48. The van der Waals surface area contributed by atoms with Crippen molar-refractivity contribution in [3.8, 4) is 5.75 Å². The number of hydrogen-bond donors (Lipinski definition) is 2. The number of hydrogen-bond acceptors (Lipinski definition) is 2. The fourth-order valence-corrected chi connectivity index (χ4v) is 3.48. The van der Waals surface area contributed by atoms with Crippen molar-refractivity contribution in [1.29, 1.82) is 0 Å². The third kappa shape index (κ3) is 2.27. The highest BCUT2D eigenvalue weighted by atomic mass is 16.3. The van der Waals surface area contributed by atoms with Gasteiger partial charge in [0.15, 0.2) is 5.78 Å². The first-order chi connectivity index (χ1) is 8.72. The topological polar surface area (TPSA) is 41.7 Å². The monoisotopic (exact) mass is 246 g/mol. The highest BCUT2D eigenvalue weighted by Gasteiger charge is 2.38. The minimum absolute atomic E-state index is 0.220. The van der Waals surface area contributed by atoms with Crippen molar-refractivity contribution in [3.05, 3.63) is 29.8 Å². The predicted octanol–water partition coefficient (Wildman–Crippen LogP) is 1.03. The maximum Gasteiger partial charge on any atom is 0.168 e. The first-order valence-electron chi connectivity index (χ1n) is 6.89. The van der Waals surface area contributed by atoms with Gasteiger partial charge in [-0.3, -0.25) is 4.79 Å². The van der Waals surface area contributed by atoms with Gasteiger partial charge in [-0.05, 0) is 43.0 Å².